The Morgan fingerprint density at radius 2 is 1.60 bits per heavy atom. The maximum absolute atomic E-state index is 14.4. The summed E-state index contributed by atoms with van der Waals surface area (Å²) in [6.07, 6.45) is 10.9. The second kappa shape index (κ2) is 24.2. The summed E-state index contributed by atoms with van der Waals surface area (Å²) in [7, 11) is 0. The second-order valence-corrected chi connectivity index (χ2v) is 20.8. The number of thiazole rings is 1. The number of aryl methyl sites for hydroxylation is 4. The predicted molar refractivity (Wildman–Crippen MR) is 281 cm³/mol. The fourth-order valence-corrected chi connectivity index (χ4v) is 10.2. The monoisotopic (exact) mass is 999 g/mol. The van der Waals surface area contributed by atoms with Gasteiger partial charge in [-0.15, -0.1) is 11.3 Å². The highest BCUT2D eigenvalue weighted by Crippen LogP contribution is 2.36. The van der Waals surface area contributed by atoms with E-state index in [0.717, 1.165) is 106 Å². The van der Waals surface area contributed by atoms with Crippen molar-refractivity contribution in [1.82, 2.24) is 35.2 Å². The molecule has 0 aliphatic carbocycles. The minimum Gasteiger partial charge on any atom is -0.461 e. The highest BCUT2D eigenvalue weighted by Gasteiger charge is 2.46. The van der Waals surface area contributed by atoms with Crippen LogP contribution in [-0.4, -0.2) is 92.8 Å². The number of unbranched alkanes of at least 4 members (excludes halogenated alkanes) is 5. The van der Waals surface area contributed by atoms with E-state index in [1.807, 2.05) is 89.0 Å². The summed E-state index contributed by atoms with van der Waals surface area (Å²) < 4.78 is 18.9. The van der Waals surface area contributed by atoms with E-state index in [4.69, 9.17) is 14.0 Å². The molecule has 16 heteroatoms. The lowest BCUT2D eigenvalue weighted by Gasteiger charge is -2.35. The zero-order valence-corrected chi connectivity index (χ0v) is 44.0. The lowest BCUT2D eigenvalue weighted by atomic mass is 9.85. The molecule has 0 spiro atoms. The first-order valence-corrected chi connectivity index (χ1v) is 25.9. The van der Waals surface area contributed by atoms with Gasteiger partial charge in [0.15, 0.2) is 0 Å². The molecule has 382 valence electrons. The van der Waals surface area contributed by atoms with E-state index in [-0.39, 0.29) is 31.5 Å². The number of rotatable bonds is 22. The SMILES string of the molecule is CC(=O)OC1CC(C(=O)N[C@@H](C)c2ccc(-c3scnc3C)cc2)N(C(=O)C(NC(=O)COCCCCCCCCN(c2ccc(-n3ccnc3)cc2)c2cc(-c3c(C)noc3C)ccc2C)C(C)(C)C)C1. The van der Waals surface area contributed by atoms with Gasteiger partial charge in [0, 0.05) is 61.5 Å². The van der Waals surface area contributed by atoms with Crippen LogP contribution >= 0.6 is 11.3 Å². The highest BCUT2D eigenvalue weighted by molar-refractivity contribution is 7.13. The third-order valence-electron chi connectivity index (χ3n) is 13.3. The lowest BCUT2D eigenvalue weighted by molar-refractivity contribution is -0.147. The zero-order chi connectivity index (χ0) is 51.5. The molecule has 3 unspecified atom stereocenters. The Balaban J connectivity index is 0.877. The zero-order valence-electron chi connectivity index (χ0n) is 43.2. The Bertz CT molecular complexity index is 2740. The molecule has 1 fully saturated rings. The summed E-state index contributed by atoms with van der Waals surface area (Å²) in [4.78, 5) is 67.2. The maximum atomic E-state index is 14.4. The van der Waals surface area contributed by atoms with Gasteiger partial charge in [-0.1, -0.05) is 88.0 Å². The number of nitrogens with one attached hydrogen (secondary N) is 2. The van der Waals surface area contributed by atoms with Crippen LogP contribution in [0.15, 0.2) is 95.5 Å². The molecule has 2 N–H and O–H groups in total. The van der Waals surface area contributed by atoms with Crippen LogP contribution in [0.1, 0.15) is 114 Å². The van der Waals surface area contributed by atoms with Crippen molar-refractivity contribution < 1.29 is 33.2 Å². The van der Waals surface area contributed by atoms with Crippen LogP contribution in [0.3, 0.4) is 0 Å². The fourth-order valence-electron chi connectivity index (χ4n) is 9.42. The third kappa shape index (κ3) is 13.4. The number of amides is 3. The summed E-state index contributed by atoms with van der Waals surface area (Å²) in [5.41, 5.74) is 11.5. The molecule has 7 rings (SSSR count). The van der Waals surface area contributed by atoms with Crippen molar-refractivity contribution >= 4 is 46.4 Å². The molecule has 3 aromatic heterocycles. The normalized spacial score (nSPS) is 15.5. The molecule has 0 bridgehead atoms. The van der Waals surface area contributed by atoms with Crippen LogP contribution in [0.4, 0.5) is 11.4 Å². The summed E-state index contributed by atoms with van der Waals surface area (Å²) in [6.45, 7) is 17.9. The average Bonchev–Trinajstić information content (AvgIpc) is 4.19. The van der Waals surface area contributed by atoms with Gasteiger partial charge in [0.05, 0.1) is 40.7 Å². The number of ether oxygens (including phenoxy) is 2. The first-order valence-electron chi connectivity index (χ1n) is 25.0. The van der Waals surface area contributed by atoms with E-state index >= 15 is 0 Å². The first kappa shape index (κ1) is 53.2. The molecule has 3 amide bonds. The molecule has 6 aromatic rings. The number of benzene rings is 3. The number of likely N-dealkylation sites (tertiary alicyclic amines) is 1. The van der Waals surface area contributed by atoms with Crippen LogP contribution in [0, 0.1) is 33.1 Å². The van der Waals surface area contributed by atoms with Crippen LogP contribution in [0.5, 0.6) is 0 Å². The summed E-state index contributed by atoms with van der Waals surface area (Å²) in [5.74, 6) is -0.899. The number of nitrogens with zero attached hydrogens (tertiary/aromatic N) is 6. The molecule has 3 aromatic carbocycles. The van der Waals surface area contributed by atoms with Crippen molar-refractivity contribution in [3.05, 3.63) is 119 Å². The Morgan fingerprint density at radius 1 is 0.889 bits per heavy atom. The topological polar surface area (TPSA) is 174 Å². The number of anilines is 2. The number of aromatic nitrogens is 4. The summed E-state index contributed by atoms with van der Waals surface area (Å²) in [5, 5.41) is 10.2. The first-order chi connectivity index (χ1) is 34.5. The standard InChI is InChI=1S/C56H70N8O7S/c1-36-16-17-44(51-38(3)61-71-40(51)5)30-48(36)63(46-24-22-45(23-25-46)62-28-26-57-34-62)27-14-12-10-11-13-15-29-69-33-50(66)60-53(56(7,8)9)55(68)64-32-47(70-41(6)65)31-49(64)54(67)59-37(2)42-18-20-43(21-19-42)52-39(4)58-35-72-52/h16-26,28,30,34-35,37,47,49,53H,10-15,27,29,31-33H2,1-9H3,(H,59,67)(H,60,66)/t37-,47?,49?,53?/m0/s1. The molecular weight excluding hydrogens is 929 g/mol. The number of esters is 1. The maximum Gasteiger partial charge on any atom is 0.302 e. The Morgan fingerprint density at radius 3 is 2.24 bits per heavy atom. The molecule has 4 atom stereocenters. The van der Waals surface area contributed by atoms with Crippen molar-refractivity contribution in [3.63, 3.8) is 0 Å². The quantitative estimate of drug-likeness (QED) is 0.0489. The molecule has 1 saturated heterocycles. The van der Waals surface area contributed by atoms with Crippen molar-refractivity contribution in [1.29, 1.82) is 0 Å². The van der Waals surface area contributed by atoms with Crippen molar-refractivity contribution in [2.75, 3.05) is 31.2 Å². The lowest BCUT2D eigenvalue weighted by Crippen LogP contribution is -2.58. The number of hydrogen-bond acceptors (Lipinski definition) is 12. The molecule has 72 heavy (non-hydrogen) atoms. The van der Waals surface area contributed by atoms with Gasteiger partial charge in [-0.2, -0.15) is 0 Å². The van der Waals surface area contributed by atoms with Crippen LogP contribution < -0.4 is 15.5 Å². The van der Waals surface area contributed by atoms with Crippen LogP contribution in [0.25, 0.3) is 27.3 Å². The van der Waals surface area contributed by atoms with Crippen molar-refractivity contribution in [2.24, 2.45) is 5.41 Å². The summed E-state index contributed by atoms with van der Waals surface area (Å²) >= 11 is 1.58. The number of imidazole rings is 1. The van der Waals surface area contributed by atoms with Gasteiger partial charge in [-0.3, -0.25) is 19.2 Å². The minimum absolute atomic E-state index is 0.0320. The smallest absolute Gasteiger partial charge is 0.302 e. The van der Waals surface area contributed by atoms with E-state index in [1.54, 1.807) is 23.9 Å². The summed E-state index contributed by atoms with van der Waals surface area (Å²) in [6, 6.07) is 20.8. The van der Waals surface area contributed by atoms with Gasteiger partial charge in [0.1, 0.15) is 30.6 Å². The molecule has 1 aliphatic rings. The van der Waals surface area contributed by atoms with Gasteiger partial charge >= 0.3 is 5.97 Å². The Hall–Kier alpha value is -6.65. The Labute approximate surface area is 427 Å². The van der Waals surface area contributed by atoms with Crippen LogP contribution in [-0.2, 0) is 28.7 Å². The molecule has 0 radical (unpaired) electrons. The number of carbonyl (C=O) groups excluding carboxylic acids is 4. The van der Waals surface area contributed by atoms with Crippen LogP contribution in [0.2, 0.25) is 0 Å². The Kier molecular flexibility index (Phi) is 17.9. The van der Waals surface area contributed by atoms with Crippen molar-refractivity contribution in [2.45, 2.75) is 131 Å². The molecule has 4 heterocycles. The number of hydrogen-bond donors (Lipinski definition) is 2. The van der Waals surface area contributed by atoms with E-state index in [0.29, 0.717) is 6.61 Å². The largest absolute Gasteiger partial charge is 0.461 e. The minimum atomic E-state index is -0.965. The van der Waals surface area contributed by atoms with Gasteiger partial charge in [-0.05, 0) is 105 Å². The predicted octanol–water partition coefficient (Wildman–Crippen LogP) is 10.3. The van der Waals surface area contributed by atoms with E-state index in [1.165, 1.54) is 17.4 Å². The fraction of sp³-hybridized carbons (Fsp3) is 0.446. The molecular formula is C56H70N8O7S. The second-order valence-electron chi connectivity index (χ2n) is 20.0. The highest BCUT2D eigenvalue weighted by atomic mass is 32.1. The van der Waals surface area contributed by atoms with Gasteiger partial charge in [0.2, 0.25) is 17.7 Å². The van der Waals surface area contributed by atoms with E-state index in [2.05, 4.69) is 80.0 Å². The van der Waals surface area contributed by atoms with Gasteiger partial charge < -0.3 is 39.0 Å². The van der Waals surface area contributed by atoms with Gasteiger partial charge in [-0.25, -0.2) is 9.97 Å². The number of carbonyl (C=O) groups is 4. The molecule has 15 nitrogen and oxygen atoms in total. The molecule has 1 aliphatic heterocycles. The third-order valence-corrected chi connectivity index (χ3v) is 14.3. The average molecular weight is 999 g/mol. The van der Waals surface area contributed by atoms with Crippen molar-refractivity contribution in [3.8, 4) is 27.3 Å². The van der Waals surface area contributed by atoms with E-state index in [9.17, 15) is 19.2 Å². The van der Waals surface area contributed by atoms with Gasteiger partial charge in [0.25, 0.3) is 0 Å². The van der Waals surface area contributed by atoms with E-state index < -0.39 is 41.4 Å². The molecule has 0 saturated carbocycles.